The Morgan fingerprint density at radius 3 is 2.72 bits per heavy atom. The molecule has 152 valence electrons. The van der Waals surface area contributed by atoms with Gasteiger partial charge in [-0.1, -0.05) is 0 Å². The second-order valence-electron chi connectivity index (χ2n) is 8.54. The standard InChI is InChI=1S/C22H25N3O3S/c1-10-13(17-7-11-3-2-4-15(23)21(11)29-17)8-16(24)18-19(10)25(12-5-6-12)9-14(20(18)26)22(27)28/h7,9,12-13,15H,2-6,8,23-24H2,1H3,(H,27,28). The fraction of sp³-hybridized carbons (Fsp3) is 0.455. The molecule has 0 spiro atoms. The quantitative estimate of drug-likeness (QED) is 0.712. The summed E-state index contributed by atoms with van der Waals surface area (Å²) in [6.07, 6.45) is 7.26. The minimum absolute atomic E-state index is 0.102. The van der Waals surface area contributed by atoms with E-state index in [2.05, 4.69) is 13.0 Å². The lowest BCUT2D eigenvalue weighted by atomic mass is 9.87. The molecule has 5 N–H and O–H groups in total. The van der Waals surface area contributed by atoms with E-state index in [-0.39, 0.29) is 23.6 Å². The molecule has 6 nitrogen and oxygen atoms in total. The van der Waals surface area contributed by atoms with Crippen LogP contribution in [-0.2, 0) is 6.42 Å². The third-order valence-corrected chi connectivity index (χ3v) is 7.97. The van der Waals surface area contributed by atoms with Gasteiger partial charge in [0.25, 0.3) is 0 Å². The zero-order chi connectivity index (χ0) is 20.4. The van der Waals surface area contributed by atoms with Crippen LogP contribution in [0.5, 0.6) is 0 Å². The molecular weight excluding hydrogens is 386 g/mol. The highest BCUT2D eigenvalue weighted by molar-refractivity contribution is 7.12. The van der Waals surface area contributed by atoms with Gasteiger partial charge in [-0.15, -0.1) is 11.3 Å². The van der Waals surface area contributed by atoms with Crippen molar-refractivity contribution in [2.45, 2.75) is 63.5 Å². The molecular formula is C22H25N3O3S. The number of carboxylic acid groups (broad SMARTS) is 1. The molecule has 2 aromatic heterocycles. The number of hydrogen-bond acceptors (Lipinski definition) is 5. The molecule has 2 atom stereocenters. The number of aromatic nitrogens is 1. The van der Waals surface area contributed by atoms with Crippen molar-refractivity contribution < 1.29 is 9.90 Å². The van der Waals surface area contributed by atoms with Crippen molar-refractivity contribution in [3.05, 3.63) is 53.9 Å². The van der Waals surface area contributed by atoms with E-state index >= 15 is 0 Å². The SMILES string of the molecule is CC1=c2c(c(=O)c(C(=O)O)cn2C2CC2)=C(N)CC1c1cc2c(s1)C(N)CCC2. The van der Waals surface area contributed by atoms with Crippen LogP contribution in [-0.4, -0.2) is 15.6 Å². The first-order valence-corrected chi connectivity index (χ1v) is 11.0. The van der Waals surface area contributed by atoms with Gasteiger partial charge < -0.3 is 21.1 Å². The minimum atomic E-state index is -1.19. The van der Waals surface area contributed by atoms with Gasteiger partial charge in [-0.2, -0.15) is 0 Å². The van der Waals surface area contributed by atoms with Gasteiger partial charge in [0.05, 0.1) is 10.6 Å². The summed E-state index contributed by atoms with van der Waals surface area (Å²) in [5, 5.41) is 10.7. The van der Waals surface area contributed by atoms with Crippen molar-refractivity contribution in [2.24, 2.45) is 11.5 Å². The molecule has 2 heterocycles. The highest BCUT2D eigenvalue weighted by atomic mass is 32.1. The number of aromatic carboxylic acids is 1. The Morgan fingerprint density at radius 1 is 1.31 bits per heavy atom. The third-order valence-electron chi connectivity index (χ3n) is 6.55. The summed E-state index contributed by atoms with van der Waals surface area (Å²) in [5.74, 6) is -1.09. The minimum Gasteiger partial charge on any atom is -0.477 e. The molecule has 2 unspecified atom stereocenters. The fourth-order valence-electron chi connectivity index (χ4n) is 4.87. The molecule has 2 aromatic rings. The number of carbonyl (C=O) groups is 1. The molecule has 0 aromatic carbocycles. The van der Waals surface area contributed by atoms with Crippen LogP contribution < -0.4 is 27.5 Å². The number of pyridine rings is 1. The Hall–Kier alpha value is -2.38. The normalized spacial score (nSPS) is 23.7. The summed E-state index contributed by atoms with van der Waals surface area (Å²) in [4.78, 5) is 27.1. The second kappa shape index (κ2) is 6.57. The van der Waals surface area contributed by atoms with Crippen LogP contribution in [0.4, 0.5) is 0 Å². The highest BCUT2D eigenvalue weighted by Crippen LogP contribution is 2.42. The first kappa shape index (κ1) is 18.6. The van der Waals surface area contributed by atoms with E-state index in [0.717, 1.165) is 43.0 Å². The maximum Gasteiger partial charge on any atom is 0.341 e. The van der Waals surface area contributed by atoms with E-state index in [4.69, 9.17) is 11.5 Å². The smallest absolute Gasteiger partial charge is 0.341 e. The highest BCUT2D eigenvalue weighted by Gasteiger charge is 2.32. The molecule has 0 saturated heterocycles. The zero-order valence-electron chi connectivity index (χ0n) is 16.4. The van der Waals surface area contributed by atoms with E-state index in [1.807, 2.05) is 4.57 Å². The Labute approximate surface area is 172 Å². The zero-order valence-corrected chi connectivity index (χ0v) is 17.2. The number of thiophene rings is 1. The van der Waals surface area contributed by atoms with E-state index in [1.54, 1.807) is 11.3 Å². The van der Waals surface area contributed by atoms with Crippen LogP contribution in [0.25, 0.3) is 11.3 Å². The van der Waals surface area contributed by atoms with Crippen LogP contribution in [0.2, 0.25) is 0 Å². The molecule has 0 radical (unpaired) electrons. The summed E-state index contributed by atoms with van der Waals surface area (Å²) < 4.78 is 1.99. The Kier molecular flexibility index (Phi) is 4.22. The number of carboxylic acids is 1. The maximum absolute atomic E-state index is 12.9. The van der Waals surface area contributed by atoms with Gasteiger partial charge in [0.2, 0.25) is 5.43 Å². The van der Waals surface area contributed by atoms with E-state index in [9.17, 15) is 14.7 Å². The monoisotopic (exact) mass is 411 g/mol. The summed E-state index contributed by atoms with van der Waals surface area (Å²) in [6.45, 7) is 2.06. The first-order chi connectivity index (χ1) is 13.9. The van der Waals surface area contributed by atoms with Gasteiger partial charge in [0.1, 0.15) is 5.56 Å². The van der Waals surface area contributed by atoms with E-state index < -0.39 is 11.4 Å². The van der Waals surface area contributed by atoms with Crippen molar-refractivity contribution >= 4 is 28.6 Å². The van der Waals surface area contributed by atoms with Crippen molar-refractivity contribution in [2.75, 3.05) is 0 Å². The van der Waals surface area contributed by atoms with E-state index in [1.165, 1.54) is 21.5 Å². The summed E-state index contributed by atoms with van der Waals surface area (Å²) >= 11 is 1.78. The second-order valence-corrected chi connectivity index (χ2v) is 9.66. The summed E-state index contributed by atoms with van der Waals surface area (Å²) in [6, 6.07) is 2.63. The lowest BCUT2D eigenvalue weighted by Crippen LogP contribution is -2.53. The number of nitrogens with zero attached hydrogens (tertiary/aromatic N) is 1. The topological polar surface area (TPSA) is 111 Å². The average Bonchev–Trinajstić information content (AvgIpc) is 3.42. The van der Waals surface area contributed by atoms with Crippen LogP contribution in [0.15, 0.2) is 17.1 Å². The number of rotatable bonds is 3. The molecule has 1 fully saturated rings. The lowest BCUT2D eigenvalue weighted by molar-refractivity contribution is 0.0694. The van der Waals surface area contributed by atoms with Crippen molar-refractivity contribution in [1.29, 1.82) is 0 Å². The molecule has 7 heteroatoms. The van der Waals surface area contributed by atoms with Crippen molar-refractivity contribution in [3.63, 3.8) is 0 Å². The third kappa shape index (κ3) is 2.87. The van der Waals surface area contributed by atoms with Crippen LogP contribution in [0.3, 0.4) is 0 Å². The number of hydrogen-bond donors (Lipinski definition) is 3. The predicted molar refractivity (Wildman–Crippen MR) is 113 cm³/mol. The maximum atomic E-state index is 12.9. The molecule has 5 rings (SSSR count). The molecule has 0 bridgehead atoms. The molecule has 3 aliphatic rings. The molecule has 3 aliphatic carbocycles. The molecule has 0 aliphatic heterocycles. The van der Waals surface area contributed by atoms with Crippen LogP contribution >= 0.6 is 11.3 Å². The van der Waals surface area contributed by atoms with Gasteiger partial charge in [-0.3, -0.25) is 4.79 Å². The number of fused-ring (bicyclic) bond motifs is 2. The lowest BCUT2D eigenvalue weighted by Gasteiger charge is -2.24. The Morgan fingerprint density at radius 2 is 2.07 bits per heavy atom. The van der Waals surface area contributed by atoms with Gasteiger partial charge in [0, 0.05) is 39.6 Å². The molecule has 1 saturated carbocycles. The van der Waals surface area contributed by atoms with E-state index in [0.29, 0.717) is 17.3 Å². The average molecular weight is 412 g/mol. The largest absolute Gasteiger partial charge is 0.477 e. The molecule has 29 heavy (non-hydrogen) atoms. The predicted octanol–water partition coefficient (Wildman–Crippen LogP) is 1.70. The molecule has 0 amide bonds. The van der Waals surface area contributed by atoms with Crippen LogP contribution in [0.1, 0.15) is 82.7 Å². The van der Waals surface area contributed by atoms with Crippen LogP contribution in [0, 0.1) is 0 Å². The van der Waals surface area contributed by atoms with Gasteiger partial charge in [-0.25, -0.2) is 4.79 Å². The number of aryl methyl sites for hydroxylation is 1. The number of nitrogens with two attached hydrogens (primary N) is 2. The van der Waals surface area contributed by atoms with Crippen molar-refractivity contribution in [3.8, 4) is 0 Å². The van der Waals surface area contributed by atoms with Gasteiger partial charge in [-0.05, 0) is 62.7 Å². The summed E-state index contributed by atoms with van der Waals surface area (Å²) in [5.41, 5.74) is 15.0. The van der Waals surface area contributed by atoms with Crippen molar-refractivity contribution in [1.82, 2.24) is 4.57 Å². The van der Waals surface area contributed by atoms with Gasteiger partial charge in [0.15, 0.2) is 0 Å². The first-order valence-electron chi connectivity index (χ1n) is 10.2. The Balaban J connectivity index is 1.75. The Bertz CT molecular complexity index is 1220. The van der Waals surface area contributed by atoms with Gasteiger partial charge >= 0.3 is 5.97 Å². The summed E-state index contributed by atoms with van der Waals surface area (Å²) in [7, 11) is 0. The fourth-order valence-corrected chi connectivity index (χ4v) is 6.29.